The Morgan fingerprint density at radius 1 is 1.18 bits per heavy atom. The molecule has 2 rings (SSSR count). The normalized spacial score (nSPS) is 12.6. The van der Waals surface area contributed by atoms with Gasteiger partial charge in [0, 0.05) is 0 Å². The van der Waals surface area contributed by atoms with E-state index in [0.717, 1.165) is 6.42 Å². The highest BCUT2D eigenvalue weighted by Crippen LogP contribution is 2.09. The second-order valence-corrected chi connectivity index (χ2v) is 3.98. The SMILES string of the molecule is CCC(C)n1c(=O)[nH]c(=O)n1-c1ccccc1. The topological polar surface area (TPSA) is 59.8 Å². The molecule has 0 saturated carbocycles. The molecule has 1 unspecified atom stereocenters. The highest BCUT2D eigenvalue weighted by Gasteiger charge is 2.14. The maximum atomic E-state index is 11.8. The first kappa shape index (κ1) is 11.4. The van der Waals surface area contributed by atoms with Gasteiger partial charge < -0.3 is 0 Å². The Morgan fingerprint density at radius 2 is 1.82 bits per heavy atom. The predicted octanol–water partition coefficient (Wildman–Crippen LogP) is 1.30. The Hall–Kier alpha value is -2.04. The third-order valence-corrected chi connectivity index (χ3v) is 2.84. The second-order valence-electron chi connectivity index (χ2n) is 3.98. The van der Waals surface area contributed by atoms with Crippen molar-refractivity contribution >= 4 is 0 Å². The molecule has 0 bridgehead atoms. The van der Waals surface area contributed by atoms with Crippen molar-refractivity contribution in [3.63, 3.8) is 0 Å². The van der Waals surface area contributed by atoms with Gasteiger partial charge in [-0.2, -0.15) is 4.68 Å². The van der Waals surface area contributed by atoms with Gasteiger partial charge in [0.2, 0.25) is 0 Å². The van der Waals surface area contributed by atoms with Crippen LogP contribution in [0.1, 0.15) is 26.3 Å². The van der Waals surface area contributed by atoms with Gasteiger partial charge in [-0.05, 0) is 25.5 Å². The number of rotatable bonds is 3. The van der Waals surface area contributed by atoms with Gasteiger partial charge in [-0.1, -0.05) is 25.1 Å². The summed E-state index contributed by atoms with van der Waals surface area (Å²) in [6.07, 6.45) is 0.782. The first-order valence-electron chi connectivity index (χ1n) is 5.64. The number of hydrogen-bond acceptors (Lipinski definition) is 2. The van der Waals surface area contributed by atoms with Crippen molar-refractivity contribution in [1.82, 2.24) is 14.3 Å². The van der Waals surface area contributed by atoms with E-state index in [0.29, 0.717) is 5.69 Å². The van der Waals surface area contributed by atoms with Crippen LogP contribution in [0.15, 0.2) is 39.9 Å². The van der Waals surface area contributed by atoms with Crippen molar-refractivity contribution in [2.45, 2.75) is 26.3 Å². The molecule has 1 N–H and O–H groups in total. The van der Waals surface area contributed by atoms with Gasteiger partial charge in [-0.15, -0.1) is 0 Å². The summed E-state index contributed by atoms with van der Waals surface area (Å²) in [5.74, 6) is 0. The van der Waals surface area contributed by atoms with Crippen LogP contribution in [0.3, 0.4) is 0 Å². The summed E-state index contributed by atoms with van der Waals surface area (Å²) in [6, 6.07) is 9.11. The van der Waals surface area contributed by atoms with Crippen LogP contribution in [-0.2, 0) is 0 Å². The molecule has 0 aliphatic rings. The summed E-state index contributed by atoms with van der Waals surface area (Å²) in [7, 11) is 0. The van der Waals surface area contributed by atoms with E-state index in [1.807, 2.05) is 32.0 Å². The molecule has 0 aliphatic carbocycles. The minimum absolute atomic E-state index is 0.0262. The summed E-state index contributed by atoms with van der Waals surface area (Å²) in [5.41, 5.74) is -0.0779. The molecule has 2 aromatic rings. The Morgan fingerprint density at radius 3 is 2.41 bits per heavy atom. The van der Waals surface area contributed by atoms with Crippen molar-refractivity contribution < 1.29 is 0 Å². The van der Waals surface area contributed by atoms with Crippen molar-refractivity contribution in [2.75, 3.05) is 0 Å². The van der Waals surface area contributed by atoms with Gasteiger partial charge in [0.15, 0.2) is 0 Å². The lowest BCUT2D eigenvalue weighted by atomic mass is 10.3. The minimum atomic E-state index is -0.401. The van der Waals surface area contributed by atoms with Crippen LogP contribution in [-0.4, -0.2) is 14.3 Å². The van der Waals surface area contributed by atoms with Crippen LogP contribution in [0.2, 0.25) is 0 Å². The number of nitrogens with one attached hydrogen (secondary N) is 1. The van der Waals surface area contributed by atoms with E-state index in [-0.39, 0.29) is 11.7 Å². The maximum Gasteiger partial charge on any atom is 0.349 e. The quantitative estimate of drug-likeness (QED) is 0.868. The van der Waals surface area contributed by atoms with E-state index < -0.39 is 5.69 Å². The molecule has 0 spiro atoms. The number of H-pyrrole nitrogens is 1. The van der Waals surface area contributed by atoms with Gasteiger partial charge >= 0.3 is 11.4 Å². The van der Waals surface area contributed by atoms with E-state index in [2.05, 4.69) is 4.98 Å². The molecule has 0 amide bonds. The number of aromatic nitrogens is 3. The number of nitrogens with zero attached hydrogens (tertiary/aromatic N) is 2. The molecule has 0 radical (unpaired) electrons. The van der Waals surface area contributed by atoms with Crippen molar-refractivity contribution in [3.05, 3.63) is 51.3 Å². The van der Waals surface area contributed by atoms with E-state index >= 15 is 0 Å². The van der Waals surface area contributed by atoms with Crippen LogP contribution < -0.4 is 11.4 Å². The van der Waals surface area contributed by atoms with E-state index in [1.165, 1.54) is 9.36 Å². The van der Waals surface area contributed by atoms with Crippen molar-refractivity contribution in [2.24, 2.45) is 0 Å². The molecule has 5 nitrogen and oxygen atoms in total. The fourth-order valence-electron chi connectivity index (χ4n) is 1.77. The summed E-state index contributed by atoms with van der Waals surface area (Å²) in [4.78, 5) is 25.8. The first-order valence-corrected chi connectivity index (χ1v) is 5.64. The molecule has 0 fully saturated rings. The number of hydrogen-bond donors (Lipinski definition) is 1. The smallest absolute Gasteiger partial charge is 0.256 e. The molecule has 1 aromatic carbocycles. The van der Waals surface area contributed by atoms with Crippen LogP contribution in [0.5, 0.6) is 0 Å². The highest BCUT2D eigenvalue weighted by molar-refractivity contribution is 5.29. The van der Waals surface area contributed by atoms with E-state index in [1.54, 1.807) is 12.1 Å². The fourth-order valence-corrected chi connectivity index (χ4v) is 1.77. The van der Waals surface area contributed by atoms with Crippen LogP contribution in [0.25, 0.3) is 5.69 Å². The lowest BCUT2D eigenvalue weighted by Gasteiger charge is -2.14. The van der Waals surface area contributed by atoms with Gasteiger partial charge in [-0.25, -0.2) is 14.3 Å². The van der Waals surface area contributed by atoms with E-state index in [4.69, 9.17) is 0 Å². The minimum Gasteiger partial charge on any atom is -0.256 e. The average Bonchev–Trinajstić information content (AvgIpc) is 2.64. The lowest BCUT2D eigenvalue weighted by molar-refractivity contribution is 0.423. The van der Waals surface area contributed by atoms with Crippen LogP contribution in [0.4, 0.5) is 0 Å². The monoisotopic (exact) mass is 233 g/mol. The van der Waals surface area contributed by atoms with Gasteiger partial charge in [0.25, 0.3) is 0 Å². The molecule has 0 aliphatic heterocycles. The van der Waals surface area contributed by atoms with Gasteiger partial charge in [0.1, 0.15) is 0 Å². The molecule has 1 atom stereocenters. The standard InChI is InChI=1S/C12H15N3O2/c1-3-9(2)14-11(16)13-12(17)15(14)10-7-5-4-6-8-10/h4-9H,3H2,1-2H3,(H,13,16,17). The lowest BCUT2D eigenvalue weighted by Crippen LogP contribution is -2.28. The van der Waals surface area contributed by atoms with Gasteiger partial charge in [-0.3, -0.25) is 4.98 Å². The maximum absolute atomic E-state index is 11.8. The molecule has 1 heterocycles. The van der Waals surface area contributed by atoms with Gasteiger partial charge in [0.05, 0.1) is 11.7 Å². The third kappa shape index (κ3) is 1.95. The number of aromatic amines is 1. The molecule has 1 aromatic heterocycles. The Labute approximate surface area is 98.3 Å². The molecular formula is C12H15N3O2. The highest BCUT2D eigenvalue weighted by atomic mass is 16.2. The number of para-hydroxylation sites is 1. The molecule has 90 valence electrons. The number of benzene rings is 1. The molecule has 17 heavy (non-hydrogen) atoms. The van der Waals surface area contributed by atoms with Crippen molar-refractivity contribution in [1.29, 1.82) is 0 Å². The molecule has 5 heteroatoms. The zero-order valence-electron chi connectivity index (χ0n) is 9.88. The Kier molecular flexibility index (Phi) is 2.99. The third-order valence-electron chi connectivity index (χ3n) is 2.84. The second kappa shape index (κ2) is 4.45. The Balaban J connectivity index is 2.70. The first-order chi connectivity index (χ1) is 8.15. The largest absolute Gasteiger partial charge is 0.349 e. The predicted molar refractivity (Wildman–Crippen MR) is 65.7 cm³/mol. The summed E-state index contributed by atoms with van der Waals surface area (Å²) >= 11 is 0. The summed E-state index contributed by atoms with van der Waals surface area (Å²) in [5, 5.41) is 0. The zero-order chi connectivity index (χ0) is 12.4. The van der Waals surface area contributed by atoms with E-state index in [9.17, 15) is 9.59 Å². The van der Waals surface area contributed by atoms with Crippen molar-refractivity contribution in [3.8, 4) is 5.69 Å². The summed E-state index contributed by atoms with van der Waals surface area (Å²) in [6.45, 7) is 3.89. The van der Waals surface area contributed by atoms with Crippen LogP contribution in [0, 0.1) is 0 Å². The molecular weight excluding hydrogens is 218 g/mol. The zero-order valence-corrected chi connectivity index (χ0v) is 9.88. The van der Waals surface area contributed by atoms with Crippen LogP contribution >= 0.6 is 0 Å². The molecule has 0 saturated heterocycles. The fraction of sp³-hybridized carbons (Fsp3) is 0.333. The average molecular weight is 233 g/mol. The summed E-state index contributed by atoms with van der Waals surface area (Å²) < 4.78 is 2.84. The Bertz CT molecular complexity index is 607.